The number of halogens is 3. The number of phenols is 1. The van der Waals surface area contributed by atoms with Crippen LogP contribution in [-0.4, -0.2) is 63.4 Å². The second-order valence-corrected chi connectivity index (χ2v) is 11.5. The van der Waals surface area contributed by atoms with Crippen LogP contribution in [0.5, 0.6) is 5.75 Å². The summed E-state index contributed by atoms with van der Waals surface area (Å²) < 4.78 is 44.1. The van der Waals surface area contributed by atoms with E-state index >= 15 is 8.78 Å². The predicted molar refractivity (Wildman–Crippen MR) is 168 cm³/mol. The van der Waals surface area contributed by atoms with Crippen molar-refractivity contribution in [3.63, 3.8) is 0 Å². The first kappa shape index (κ1) is 31.0. The van der Waals surface area contributed by atoms with E-state index in [4.69, 9.17) is 4.98 Å². The number of benzene rings is 2. The zero-order valence-electron chi connectivity index (χ0n) is 25.6. The van der Waals surface area contributed by atoms with Crippen LogP contribution in [0.2, 0.25) is 0 Å². The first-order valence-corrected chi connectivity index (χ1v) is 15.7. The molecule has 4 aromatic rings. The van der Waals surface area contributed by atoms with Crippen molar-refractivity contribution < 1.29 is 18.3 Å². The summed E-state index contributed by atoms with van der Waals surface area (Å²) >= 11 is 0. The quantitative estimate of drug-likeness (QED) is 0.225. The molecular formula is C34H42F3N5O. The Bertz CT molecular complexity index is 1580. The minimum absolute atomic E-state index is 0.0385. The maximum absolute atomic E-state index is 16.1. The summed E-state index contributed by atoms with van der Waals surface area (Å²) in [6.07, 6.45) is 7.51. The molecule has 0 aliphatic carbocycles. The van der Waals surface area contributed by atoms with E-state index < -0.39 is 23.6 Å². The Labute approximate surface area is 252 Å². The number of phenolic OH excluding ortho intramolecular Hbond substituents is 1. The van der Waals surface area contributed by atoms with E-state index in [2.05, 4.69) is 26.7 Å². The molecule has 2 aliphatic heterocycles. The number of hydrogen-bond acceptors (Lipinski definition) is 6. The molecule has 0 amide bonds. The summed E-state index contributed by atoms with van der Waals surface area (Å²) in [5, 5.41) is 12.0. The van der Waals surface area contributed by atoms with Crippen LogP contribution in [0.3, 0.4) is 0 Å². The van der Waals surface area contributed by atoms with Gasteiger partial charge in [0.15, 0.2) is 17.4 Å². The van der Waals surface area contributed by atoms with Gasteiger partial charge in [-0.3, -0.25) is 9.88 Å². The average molecular weight is 594 g/mol. The molecule has 0 bridgehead atoms. The molecule has 1 N–H and O–H groups in total. The van der Waals surface area contributed by atoms with E-state index in [1.807, 2.05) is 32.9 Å². The van der Waals surface area contributed by atoms with E-state index in [1.54, 1.807) is 6.07 Å². The minimum Gasteiger partial charge on any atom is -0.505 e. The molecule has 2 fully saturated rings. The van der Waals surface area contributed by atoms with Crippen LogP contribution in [0.4, 0.5) is 19.0 Å². The number of rotatable bonds is 8. The van der Waals surface area contributed by atoms with Gasteiger partial charge >= 0.3 is 0 Å². The Kier molecular flexibility index (Phi) is 9.69. The largest absolute Gasteiger partial charge is 0.505 e. The second kappa shape index (κ2) is 13.5. The van der Waals surface area contributed by atoms with E-state index in [-0.39, 0.29) is 16.8 Å². The molecule has 6 nitrogen and oxygen atoms in total. The molecule has 9 heteroatoms. The number of aromatic hydroxyl groups is 1. The Morgan fingerprint density at radius 1 is 1.07 bits per heavy atom. The number of alkyl halides is 1. The van der Waals surface area contributed by atoms with Gasteiger partial charge in [-0.15, -0.1) is 0 Å². The van der Waals surface area contributed by atoms with Gasteiger partial charge in [0, 0.05) is 38.3 Å². The Balaban J connectivity index is 0.000000345. The number of aryl methyl sites for hydroxylation is 2. The minimum atomic E-state index is -0.887. The van der Waals surface area contributed by atoms with Gasteiger partial charge in [-0.1, -0.05) is 45.4 Å². The molecule has 43 heavy (non-hydrogen) atoms. The molecule has 4 heterocycles. The van der Waals surface area contributed by atoms with Crippen LogP contribution in [0.25, 0.3) is 32.9 Å². The molecule has 2 unspecified atom stereocenters. The van der Waals surface area contributed by atoms with Crippen LogP contribution in [0.1, 0.15) is 71.2 Å². The van der Waals surface area contributed by atoms with E-state index in [9.17, 15) is 9.50 Å². The highest BCUT2D eigenvalue weighted by atomic mass is 19.1. The number of pyridine rings is 1. The van der Waals surface area contributed by atoms with Crippen molar-refractivity contribution in [3.8, 4) is 17.0 Å². The van der Waals surface area contributed by atoms with Gasteiger partial charge in [0.25, 0.3) is 0 Å². The molecule has 2 aromatic heterocycles. The summed E-state index contributed by atoms with van der Waals surface area (Å²) in [6, 6.07) is 7.48. The van der Waals surface area contributed by atoms with E-state index in [0.29, 0.717) is 59.8 Å². The second-order valence-electron chi connectivity index (χ2n) is 11.5. The highest BCUT2D eigenvalue weighted by molar-refractivity contribution is 6.02. The molecular weight excluding hydrogens is 551 g/mol. The van der Waals surface area contributed by atoms with Crippen LogP contribution >= 0.6 is 0 Å². The first-order chi connectivity index (χ1) is 20.8. The summed E-state index contributed by atoms with van der Waals surface area (Å²) in [4.78, 5) is 17.9. The zero-order valence-corrected chi connectivity index (χ0v) is 25.6. The van der Waals surface area contributed by atoms with Gasteiger partial charge in [0.2, 0.25) is 0 Å². The lowest BCUT2D eigenvalue weighted by molar-refractivity contribution is 0.292. The van der Waals surface area contributed by atoms with Crippen LogP contribution in [0, 0.1) is 11.6 Å². The van der Waals surface area contributed by atoms with Gasteiger partial charge in [0.05, 0.1) is 10.9 Å². The smallest absolute Gasteiger partial charge is 0.175 e. The molecule has 0 radical (unpaired) electrons. The fourth-order valence-corrected chi connectivity index (χ4v) is 6.46. The van der Waals surface area contributed by atoms with Crippen molar-refractivity contribution >= 4 is 27.5 Å². The summed E-state index contributed by atoms with van der Waals surface area (Å²) in [7, 11) is 0. The molecule has 0 spiro atoms. The number of unbranched alkanes of at least 4 members (excludes halogenated alkanes) is 1. The van der Waals surface area contributed by atoms with Crippen molar-refractivity contribution in [3.05, 3.63) is 53.5 Å². The number of aromatic nitrogens is 3. The molecule has 230 valence electrons. The van der Waals surface area contributed by atoms with Crippen molar-refractivity contribution in [2.75, 3.05) is 31.1 Å². The van der Waals surface area contributed by atoms with Crippen molar-refractivity contribution in [1.29, 1.82) is 0 Å². The van der Waals surface area contributed by atoms with Gasteiger partial charge in [0.1, 0.15) is 29.0 Å². The third-order valence-electron chi connectivity index (χ3n) is 8.74. The monoisotopic (exact) mass is 593 g/mol. The van der Waals surface area contributed by atoms with Crippen LogP contribution in [-0.2, 0) is 12.8 Å². The van der Waals surface area contributed by atoms with Gasteiger partial charge in [-0.25, -0.2) is 23.1 Å². The Hall–Kier alpha value is -3.46. The number of nitrogens with zero attached hydrogens (tertiary/aromatic N) is 5. The lowest BCUT2D eigenvalue weighted by atomic mass is 9.94. The van der Waals surface area contributed by atoms with Crippen LogP contribution in [0.15, 0.2) is 30.5 Å². The number of anilines is 1. The fourth-order valence-electron chi connectivity index (χ4n) is 6.46. The average Bonchev–Trinajstić information content (AvgIpc) is 3.60. The third kappa shape index (κ3) is 6.14. The predicted octanol–water partition coefficient (Wildman–Crippen LogP) is 7.77. The van der Waals surface area contributed by atoms with E-state index in [0.717, 1.165) is 37.9 Å². The Morgan fingerprint density at radius 3 is 2.58 bits per heavy atom. The highest BCUT2D eigenvalue weighted by Crippen LogP contribution is 2.40. The molecule has 2 aromatic carbocycles. The van der Waals surface area contributed by atoms with Gasteiger partial charge < -0.3 is 10.0 Å². The SMILES string of the molecule is CCCCN(CC)c1nc(CC)nc2c(F)c(-c3c(F)c(O)cc4cccc(CC)c34)ncc12.FC1CC2CCCN2C1. The standard InChI is InChI=1S/C27H30F2N4O.C7H12FN/c1-5-9-13-33(8-4)27-18-15-30-26(24(29)25(18)31-20(7-3)32-27)22-21-16(6-2)11-10-12-17(21)14-19(34)23(22)28;8-6-4-7-2-1-3-9(7)5-6/h10-12,14-15,34H,5-9,13H2,1-4H3;6-7H,1-5H2. The normalized spacial score (nSPS) is 18.2. The zero-order chi connectivity index (χ0) is 30.7. The Morgan fingerprint density at radius 2 is 1.88 bits per heavy atom. The first-order valence-electron chi connectivity index (χ1n) is 15.7. The van der Waals surface area contributed by atoms with Crippen molar-refractivity contribution in [2.24, 2.45) is 0 Å². The topological polar surface area (TPSA) is 65.4 Å². The van der Waals surface area contributed by atoms with Gasteiger partial charge in [-0.05, 0) is 68.0 Å². The van der Waals surface area contributed by atoms with Gasteiger partial charge in [-0.2, -0.15) is 0 Å². The maximum atomic E-state index is 16.1. The molecule has 6 rings (SSSR count). The van der Waals surface area contributed by atoms with Crippen molar-refractivity contribution in [1.82, 2.24) is 19.9 Å². The van der Waals surface area contributed by atoms with E-state index in [1.165, 1.54) is 25.1 Å². The number of hydrogen-bond donors (Lipinski definition) is 1. The van der Waals surface area contributed by atoms with Crippen molar-refractivity contribution in [2.45, 2.75) is 84.9 Å². The lowest BCUT2D eigenvalue weighted by Crippen LogP contribution is -2.26. The number of fused-ring (bicyclic) bond motifs is 3. The highest BCUT2D eigenvalue weighted by Gasteiger charge is 2.34. The fraction of sp³-hybridized carbons (Fsp3) is 0.500. The molecule has 2 atom stereocenters. The summed E-state index contributed by atoms with van der Waals surface area (Å²) in [5.41, 5.74) is 0.771. The third-order valence-corrected chi connectivity index (χ3v) is 8.74. The summed E-state index contributed by atoms with van der Waals surface area (Å²) in [6.45, 7) is 11.4. The molecule has 2 aliphatic rings. The molecule has 2 saturated heterocycles. The maximum Gasteiger partial charge on any atom is 0.175 e. The lowest BCUT2D eigenvalue weighted by Gasteiger charge is -2.24. The summed E-state index contributed by atoms with van der Waals surface area (Å²) in [5.74, 6) is -0.969. The molecule has 0 saturated carbocycles. The van der Waals surface area contributed by atoms with Crippen LogP contribution < -0.4 is 4.90 Å².